The first kappa shape index (κ1) is 21.4. The van der Waals surface area contributed by atoms with E-state index in [0.717, 1.165) is 18.4 Å². The van der Waals surface area contributed by atoms with Gasteiger partial charge in [0.1, 0.15) is 5.69 Å². The second kappa shape index (κ2) is 8.35. The molecule has 9 heteroatoms. The number of hydrogen-bond donors (Lipinski definition) is 1. The Kier molecular flexibility index (Phi) is 5.58. The predicted octanol–water partition coefficient (Wildman–Crippen LogP) is 4.47. The Morgan fingerprint density at radius 2 is 1.62 bits per heavy atom. The van der Waals surface area contributed by atoms with E-state index >= 15 is 0 Å². The molecule has 0 spiro atoms. The highest BCUT2D eigenvalue weighted by Gasteiger charge is 2.20. The highest BCUT2D eigenvalue weighted by atomic mass is 32.2. The van der Waals surface area contributed by atoms with Gasteiger partial charge in [0.05, 0.1) is 16.1 Å². The van der Waals surface area contributed by atoms with E-state index in [1.165, 1.54) is 29.1 Å². The number of anilines is 1. The van der Waals surface area contributed by atoms with Gasteiger partial charge in [-0.15, -0.1) is 0 Å². The van der Waals surface area contributed by atoms with Crippen LogP contribution in [0.2, 0.25) is 0 Å². The van der Waals surface area contributed by atoms with Crippen LogP contribution in [0.5, 0.6) is 0 Å². The minimum Gasteiger partial charge on any atom is -0.322 e. The lowest BCUT2D eigenvalue weighted by atomic mass is 10.1. The van der Waals surface area contributed by atoms with Crippen LogP contribution >= 0.6 is 0 Å². The minimum atomic E-state index is -3.39. The van der Waals surface area contributed by atoms with Crippen LogP contribution in [0.3, 0.4) is 0 Å². The maximum atomic E-state index is 13.5. The zero-order chi connectivity index (χ0) is 22.9. The average molecular weight is 453 g/mol. The fourth-order valence-electron chi connectivity index (χ4n) is 3.10. The fraction of sp³-hybridized carbons (Fsp3) is 0.0435. The molecule has 0 unspecified atom stereocenters. The van der Waals surface area contributed by atoms with Crippen molar-refractivity contribution in [1.29, 1.82) is 0 Å². The Labute approximate surface area is 183 Å². The van der Waals surface area contributed by atoms with Gasteiger partial charge in [0.25, 0.3) is 5.91 Å². The van der Waals surface area contributed by atoms with E-state index in [4.69, 9.17) is 0 Å². The van der Waals surface area contributed by atoms with Crippen LogP contribution in [0.15, 0.2) is 83.9 Å². The smallest absolute Gasteiger partial charge is 0.259 e. The molecule has 0 atom stereocenters. The summed E-state index contributed by atoms with van der Waals surface area (Å²) < 4.78 is 51.8. The topological polar surface area (TPSA) is 81.1 Å². The predicted molar refractivity (Wildman–Crippen MR) is 116 cm³/mol. The summed E-state index contributed by atoms with van der Waals surface area (Å²) in [5.74, 6) is -2.69. The molecule has 0 aliphatic rings. The van der Waals surface area contributed by atoms with Gasteiger partial charge in [-0.3, -0.25) is 4.79 Å². The first-order chi connectivity index (χ1) is 15.2. The Balaban J connectivity index is 1.77. The van der Waals surface area contributed by atoms with E-state index in [0.29, 0.717) is 16.9 Å². The summed E-state index contributed by atoms with van der Waals surface area (Å²) in [6.07, 6.45) is 2.62. The molecular formula is C23H17F2N3O3S. The summed E-state index contributed by atoms with van der Waals surface area (Å²) in [7, 11) is -3.39. The summed E-state index contributed by atoms with van der Waals surface area (Å²) in [4.78, 5) is 13.1. The van der Waals surface area contributed by atoms with Gasteiger partial charge in [-0.25, -0.2) is 21.9 Å². The van der Waals surface area contributed by atoms with E-state index in [1.54, 1.807) is 24.3 Å². The van der Waals surface area contributed by atoms with E-state index in [1.807, 2.05) is 18.2 Å². The first-order valence-electron chi connectivity index (χ1n) is 9.44. The molecule has 0 bridgehead atoms. The van der Waals surface area contributed by atoms with Crippen molar-refractivity contribution in [2.75, 3.05) is 11.6 Å². The molecule has 3 aromatic carbocycles. The van der Waals surface area contributed by atoms with Crippen molar-refractivity contribution in [3.05, 3.63) is 96.2 Å². The molecule has 32 heavy (non-hydrogen) atoms. The lowest BCUT2D eigenvalue weighted by molar-refractivity contribution is 0.102. The molecule has 0 radical (unpaired) electrons. The minimum absolute atomic E-state index is 0.0831. The van der Waals surface area contributed by atoms with Crippen LogP contribution in [0.1, 0.15) is 10.4 Å². The number of halogens is 2. The van der Waals surface area contributed by atoms with Crippen molar-refractivity contribution in [1.82, 2.24) is 9.78 Å². The van der Waals surface area contributed by atoms with E-state index in [2.05, 4.69) is 10.4 Å². The first-order valence-corrected chi connectivity index (χ1v) is 11.3. The third-order valence-corrected chi connectivity index (χ3v) is 5.84. The average Bonchev–Trinajstić information content (AvgIpc) is 3.22. The number of benzene rings is 3. The van der Waals surface area contributed by atoms with Crippen LogP contribution < -0.4 is 5.32 Å². The van der Waals surface area contributed by atoms with Crippen LogP contribution in [0.25, 0.3) is 16.9 Å². The normalized spacial score (nSPS) is 11.3. The summed E-state index contributed by atoms with van der Waals surface area (Å²) in [6.45, 7) is 0. The number of sulfone groups is 1. The lowest BCUT2D eigenvalue weighted by Crippen LogP contribution is -2.12. The Bertz CT molecular complexity index is 1400. The maximum Gasteiger partial charge on any atom is 0.259 e. The molecule has 4 aromatic rings. The number of carbonyl (C=O) groups is 1. The number of carbonyl (C=O) groups excluding carboxylic acids is 1. The SMILES string of the molecule is CS(=O)(=O)c1ccc(-c2nn(-c3ccccc3)cc2C(=O)Nc2ccc(F)c(F)c2)cc1. The number of nitrogens with zero attached hydrogens (tertiary/aromatic N) is 2. The monoisotopic (exact) mass is 453 g/mol. The lowest BCUT2D eigenvalue weighted by Gasteiger charge is -2.06. The number of rotatable bonds is 5. The summed E-state index contributed by atoms with van der Waals surface area (Å²) in [5, 5.41) is 7.05. The van der Waals surface area contributed by atoms with Crippen molar-refractivity contribution in [2.24, 2.45) is 0 Å². The quantitative estimate of drug-likeness (QED) is 0.483. The van der Waals surface area contributed by atoms with Gasteiger partial charge in [0, 0.05) is 29.8 Å². The van der Waals surface area contributed by atoms with Crippen molar-refractivity contribution in [3.63, 3.8) is 0 Å². The largest absolute Gasteiger partial charge is 0.322 e. The zero-order valence-electron chi connectivity index (χ0n) is 16.8. The van der Waals surface area contributed by atoms with Crippen LogP contribution in [0.4, 0.5) is 14.5 Å². The third kappa shape index (κ3) is 4.42. The maximum absolute atomic E-state index is 13.5. The molecule has 0 saturated heterocycles. The number of nitrogens with one attached hydrogen (secondary N) is 1. The second-order valence-corrected chi connectivity index (χ2v) is 9.07. The highest BCUT2D eigenvalue weighted by Crippen LogP contribution is 2.26. The van der Waals surface area contributed by atoms with E-state index in [9.17, 15) is 22.0 Å². The molecule has 1 aromatic heterocycles. The zero-order valence-corrected chi connectivity index (χ0v) is 17.6. The van der Waals surface area contributed by atoms with E-state index < -0.39 is 27.4 Å². The standard InChI is InChI=1S/C23H17F2N3O3S/c1-32(30,31)18-10-7-15(8-11-18)22-19(14-28(27-22)17-5-3-2-4-6-17)23(29)26-16-9-12-20(24)21(25)13-16/h2-14H,1H3,(H,26,29). The summed E-state index contributed by atoms with van der Waals surface area (Å²) >= 11 is 0. The molecular weight excluding hydrogens is 436 g/mol. The van der Waals surface area contributed by atoms with Crippen molar-refractivity contribution in [3.8, 4) is 16.9 Å². The summed E-state index contributed by atoms with van der Waals surface area (Å²) in [6, 6.07) is 18.1. The molecule has 1 amide bonds. The molecule has 1 heterocycles. The molecule has 0 aliphatic carbocycles. The molecule has 4 rings (SSSR count). The Morgan fingerprint density at radius 3 is 2.25 bits per heavy atom. The third-order valence-electron chi connectivity index (χ3n) is 4.71. The van der Waals surface area contributed by atoms with Gasteiger partial charge in [-0.05, 0) is 36.4 Å². The highest BCUT2D eigenvalue weighted by molar-refractivity contribution is 7.90. The second-order valence-electron chi connectivity index (χ2n) is 7.05. The van der Waals surface area contributed by atoms with Crippen LogP contribution in [-0.4, -0.2) is 30.4 Å². The number of para-hydroxylation sites is 1. The molecule has 0 saturated carbocycles. The molecule has 0 aliphatic heterocycles. The van der Waals surface area contributed by atoms with Gasteiger partial charge in [0.15, 0.2) is 21.5 Å². The molecule has 162 valence electrons. The summed E-state index contributed by atoms with van der Waals surface area (Å²) in [5.41, 5.74) is 1.77. The molecule has 0 fully saturated rings. The Morgan fingerprint density at radius 1 is 0.938 bits per heavy atom. The fourth-order valence-corrected chi connectivity index (χ4v) is 3.73. The van der Waals surface area contributed by atoms with Gasteiger partial charge in [-0.2, -0.15) is 5.10 Å². The van der Waals surface area contributed by atoms with Crippen molar-refractivity contribution < 1.29 is 22.0 Å². The van der Waals surface area contributed by atoms with Gasteiger partial charge < -0.3 is 5.32 Å². The van der Waals surface area contributed by atoms with Crippen molar-refractivity contribution >= 4 is 21.4 Å². The number of amides is 1. The number of aromatic nitrogens is 2. The van der Waals surface area contributed by atoms with Gasteiger partial charge in [0.2, 0.25) is 0 Å². The van der Waals surface area contributed by atoms with E-state index in [-0.39, 0.29) is 16.1 Å². The van der Waals surface area contributed by atoms with Gasteiger partial charge in [-0.1, -0.05) is 30.3 Å². The van der Waals surface area contributed by atoms with Crippen molar-refractivity contribution in [2.45, 2.75) is 4.90 Å². The Hall–Kier alpha value is -3.85. The number of hydrogen-bond acceptors (Lipinski definition) is 4. The van der Waals surface area contributed by atoms with Crippen LogP contribution in [-0.2, 0) is 9.84 Å². The van der Waals surface area contributed by atoms with Gasteiger partial charge >= 0.3 is 0 Å². The molecule has 6 nitrogen and oxygen atoms in total. The molecule has 1 N–H and O–H groups in total. The van der Waals surface area contributed by atoms with Crippen LogP contribution in [0, 0.1) is 11.6 Å².